The largest absolute Gasteiger partial charge is 0.464 e. The monoisotopic (exact) mass is 601 g/mol. The molecule has 5 aliphatic carbocycles. The molecule has 0 aromatic rings. The standard InChI is InChI=1S/C31H39NO11/c1-13-18(36)11-31(39)25(43-16(4)35)23-29(7,24(42-15(3)34)22(41-14(2)33)20(13)28(31,5)6)17-9-10-30(23)12-40-27(38)21(30)19(17)26(37)32-8/h9-10,17,19,21-25,39H,11-12H2,1-8H3,(H,32,37)/t17-,19-,21+,22+,23-,24-,25-,29+,30+,31+/m0/s1. The van der Waals surface area contributed by atoms with E-state index in [0.29, 0.717) is 0 Å². The number of amides is 1. The Morgan fingerprint density at radius 1 is 0.977 bits per heavy atom. The molecule has 6 rings (SSSR count). The molecule has 1 heterocycles. The SMILES string of the molecule is CNC(=O)[C@@H]1[C@@H]2C(=O)OC[C@]23C=C[C@@H]1[C@]1(C)[C@@H]3[C@H](OC(C)=O)[C@]2(O)CC(=O)C(C)=C([C@@H](OC(C)=O)[C@@H]1OC(C)=O)C2(C)C. The van der Waals surface area contributed by atoms with Crippen LogP contribution in [0.15, 0.2) is 23.3 Å². The van der Waals surface area contributed by atoms with Crippen molar-refractivity contribution < 1.29 is 52.8 Å². The van der Waals surface area contributed by atoms with Crippen LogP contribution < -0.4 is 5.32 Å². The minimum absolute atomic E-state index is 0.219. The molecule has 12 nitrogen and oxygen atoms in total. The first kappa shape index (κ1) is 30.9. The fourth-order valence-corrected chi connectivity index (χ4v) is 9.30. The number of rotatable bonds is 4. The Balaban J connectivity index is 1.96. The van der Waals surface area contributed by atoms with Gasteiger partial charge in [-0.25, -0.2) is 0 Å². The number of ether oxygens (including phenoxy) is 4. The summed E-state index contributed by atoms with van der Waals surface area (Å²) in [5, 5.41) is 15.5. The zero-order valence-corrected chi connectivity index (χ0v) is 25.6. The van der Waals surface area contributed by atoms with Gasteiger partial charge in [0.1, 0.15) is 24.4 Å². The average molecular weight is 602 g/mol. The molecule has 0 unspecified atom stereocenters. The maximum Gasteiger partial charge on any atom is 0.310 e. The normalized spacial score (nSPS) is 42.1. The van der Waals surface area contributed by atoms with E-state index in [1.807, 2.05) is 0 Å². The third-order valence-corrected chi connectivity index (χ3v) is 11.0. The Morgan fingerprint density at radius 3 is 2.12 bits per heavy atom. The summed E-state index contributed by atoms with van der Waals surface area (Å²) in [5.74, 6) is -7.69. The van der Waals surface area contributed by atoms with Crippen LogP contribution in [0.4, 0.5) is 0 Å². The van der Waals surface area contributed by atoms with Gasteiger partial charge in [0, 0.05) is 56.4 Å². The molecule has 1 amide bonds. The second-order valence-electron chi connectivity index (χ2n) is 13.3. The summed E-state index contributed by atoms with van der Waals surface area (Å²) in [6.07, 6.45) is -1.04. The van der Waals surface area contributed by atoms with Crippen LogP contribution in [-0.4, -0.2) is 78.2 Å². The number of hydrogen-bond acceptors (Lipinski definition) is 11. The van der Waals surface area contributed by atoms with Crippen molar-refractivity contribution in [2.24, 2.45) is 39.9 Å². The minimum Gasteiger partial charge on any atom is -0.464 e. The van der Waals surface area contributed by atoms with Crippen LogP contribution in [0.2, 0.25) is 0 Å². The summed E-state index contributed by atoms with van der Waals surface area (Å²) in [6, 6.07) is 0. The molecule has 1 saturated heterocycles. The number of aliphatic hydroxyl groups is 1. The molecule has 4 bridgehead atoms. The third-order valence-electron chi connectivity index (χ3n) is 11.0. The molecule has 10 atom stereocenters. The van der Waals surface area contributed by atoms with Gasteiger partial charge in [-0.3, -0.25) is 28.8 Å². The summed E-state index contributed by atoms with van der Waals surface area (Å²) < 4.78 is 23.7. The van der Waals surface area contributed by atoms with E-state index in [4.69, 9.17) is 18.9 Å². The van der Waals surface area contributed by atoms with Gasteiger partial charge >= 0.3 is 23.9 Å². The number of fused-ring (bicyclic) bond motifs is 2. The van der Waals surface area contributed by atoms with Gasteiger partial charge in [-0.1, -0.05) is 32.9 Å². The fraction of sp³-hybridized carbons (Fsp3) is 0.677. The first-order chi connectivity index (χ1) is 19.9. The van der Waals surface area contributed by atoms with Crippen molar-refractivity contribution in [3.05, 3.63) is 23.3 Å². The summed E-state index contributed by atoms with van der Waals surface area (Å²) in [4.78, 5) is 79.1. The van der Waals surface area contributed by atoms with E-state index in [0.717, 1.165) is 0 Å². The number of nitrogens with one attached hydrogen (secondary N) is 1. The molecule has 1 aliphatic heterocycles. The Hall–Kier alpha value is -3.54. The summed E-state index contributed by atoms with van der Waals surface area (Å²) >= 11 is 0. The number of cyclic esters (lactones) is 1. The van der Waals surface area contributed by atoms with Crippen LogP contribution in [0.1, 0.15) is 54.9 Å². The number of carbonyl (C=O) groups excluding carboxylic acids is 6. The van der Waals surface area contributed by atoms with Crippen molar-refractivity contribution in [2.75, 3.05) is 13.7 Å². The van der Waals surface area contributed by atoms with E-state index >= 15 is 0 Å². The maximum absolute atomic E-state index is 13.7. The molecule has 234 valence electrons. The molecule has 0 radical (unpaired) electrons. The predicted molar refractivity (Wildman–Crippen MR) is 146 cm³/mol. The number of allylic oxidation sites excluding steroid dienone is 2. The van der Waals surface area contributed by atoms with Crippen molar-refractivity contribution in [3.8, 4) is 0 Å². The predicted octanol–water partition coefficient (Wildman–Crippen LogP) is 1.19. The average Bonchev–Trinajstić information content (AvgIpc) is 3.24. The van der Waals surface area contributed by atoms with Gasteiger partial charge in [0.05, 0.1) is 11.8 Å². The van der Waals surface area contributed by atoms with Gasteiger partial charge in [0.2, 0.25) is 5.91 Å². The highest BCUT2D eigenvalue weighted by molar-refractivity contribution is 5.98. The zero-order chi connectivity index (χ0) is 32.0. The van der Waals surface area contributed by atoms with Crippen LogP contribution in [0.5, 0.6) is 0 Å². The van der Waals surface area contributed by atoms with Crippen molar-refractivity contribution in [3.63, 3.8) is 0 Å². The number of esters is 4. The fourth-order valence-electron chi connectivity index (χ4n) is 9.30. The smallest absolute Gasteiger partial charge is 0.310 e. The lowest BCUT2D eigenvalue weighted by molar-refractivity contribution is -0.274. The number of ketones is 1. The van der Waals surface area contributed by atoms with Crippen molar-refractivity contribution in [1.82, 2.24) is 5.32 Å². The number of carbonyl (C=O) groups is 6. The second kappa shape index (κ2) is 9.73. The van der Waals surface area contributed by atoms with E-state index in [1.165, 1.54) is 27.8 Å². The summed E-state index contributed by atoms with van der Waals surface area (Å²) in [7, 11) is 1.45. The molecular formula is C31H39NO11. The second-order valence-corrected chi connectivity index (χ2v) is 13.3. The lowest BCUT2D eigenvalue weighted by atomic mass is 9.36. The maximum atomic E-state index is 13.7. The lowest BCUT2D eigenvalue weighted by Gasteiger charge is -2.68. The van der Waals surface area contributed by atoms with Crippen LogP contribution in [0.3, 0.4) is 0 Å². The van der Waals surface area contributed by atoms with Crippen LogP contribution in [0.25, 0.3) is 0 Å². The highest BCUT2D eigenvalue weighted by atomic mass is 16.6. The highest BCUT2D eigenvalue weighted by Crippen LogP contribution is 2.72. The molecule has 43 heavy (non-hydrogen) atoms. The van der Waals surface area contributed by atoms with Gasteiger partial charge in [0.25, 0.3) is 0 Å². The summed E-state index contributed by atoms with van der Waals surface area (Å²) in [5.41, 5.74) is -5.77. The quantitative estimate of drug-likeness (QED) is 0.269. The van der Waals surface area contributed by atoms with Gasteiger partial charge in [-0.05, 0) is 24.0 Å². The van der Waals surface area contributed by atoms with E-state index in [1.54, 1.807) is 39.8 Å². The Morgan fingerprint density at radius 2 is 1.56 bits per heavy atom. The van der Waals surface area contributed by atoms with Gasteiger partial charge in [0.15, 0.2) is 11.9 Å². The first-order valence-electron chi connectivity index (χ1n) is 14.5. The van der Waals surface area contributed by atoms with E-state index in [-0.39, 0.29) is 17.8 Å². The van der Waals surface area contributed by atoms with Crippen LogP contribution in [-0.2, 0) is 47.7 Å². The molecule has 0 aromatic heterocycles. The van der Waals surface area contributed by atoms with Gasteiger partial charge in [-0.2, -0.15) is 0 Å². The molecule has 2 saturated carbocycles. The molecule has 3 fully saturated rings. The minimum atomic E-state index is -2.07. The van der Waals surface area contributed by atoms with Crippen molar-refractivity contribution >= 4 is 35.6 Å². The van der Waals surface area contributed by atoms with E-state index in [2.05, 4.69) is 5.32 Å². The Labute approximate surface area is 249 Å². The Kier molecular flexibility index (Phi) is 7.00. The van der Waals surface area contributed by atoms with E-state index in [9.17, 15) is 33.9 Å². The summed E-state index contributed by atoms with van der Waals surface area (Å²) in [6.45, 7) is 9.95. The van der Waals surface area contributed by atoms with Crippen molar-refractivity contribution in [2.45, 2.75) is 78.8 Å². The molecular weight excluding hydrogens is 562 g/mol. The van der Waals surface area contributed by atoms with Gasteiger partial charge in [-0.15, -0.1) is 0 Å². The number of Topliss-reactive ketones (excluding diaryl/α,β-unsaturated/α-hetero) is 1. The van der Waals surface area contributed by atoms with Crippen LogP contribution in [0, 0.1) is 39.9 Å². The topological polar surface area (TPSA) is 172 Å². The highest BCUT2D eigenvalue weighted by Gasteiger charge is 2.80. The third kappa shape index (κ3) is 3.90. The molecule has 2 N–H and O–H groups in total. The van der Waals surface area contributed by atoms with Gasteiger partial charge < -0.3 is 29.4 Å². The zero-order valence-electron chi connectivity index (χ0n) is 25.6. The Bertz CT molecular complexity index is 1400. The van der Waals surface area contributed by atoms with Crippen LogP contribution >= 0.6 is 0 Å². The molecule has 12 heteroatoms. The molecule has 0 aromatic carbocycles. The first-order valence-corrected chi connectivity index (χ1v) is 14.5. The van der Waals surface area contributed by atoms with E-state index < -0.39 is 106 Å². The molecule has 6 aliphatic rings. The number of hydrogen-bond donors (Lipinski definition) is 2. The van der Waals surface area contributed by atoms with Crippen molar-refractivity contribution in [1.29, 1.82) is 0 Å². The lowest BCUT2D eigenvalue weighted by Crippen LogP contribution is -2.77. The molecule has 1 spiro atoms.